The molecule has 0 bridgehead atoms. The molecule has 19 heavy (non-hydrogen) atoms. The van der Waals surface area contributed by atoms with E-state index in [9.17, 15) is 0 Å². The lowest BCUT2D eigenvalue weighted by Gasteiger charge is -2.14. The average molecular weight is 252 g/mol. The fourth-order valence-electron chi connectivity index (χ4n) is 2.89. The van der Waals surface area contributed by atoms with Gasteiger partial charge in [0.25, 0.3) is 0 Å². The predicted molar refractivity (Wildman–Crippen MR) is 84.1 cm³/mol. The minimum Gasteiger partial charge on any atom is -0.0561 e. The van der Waals surface area contributed by atoms with Crippen LogP contribution in [0.3, 0.4) is 0 Å². The maximum atomic E-state index is 2.35. The third-order valence-corrected chi connectivity index (χ3v) is 4.16. The molecule has 0 aromatic heterocycles. The molecule has 2 aromatic rings. The maximum Gasteiger partial charge on any atom is -0.00178 e. The zero-order valence-corrected chi connectivity index (χ0v) is 13.0. The van der Waals surface area contributed by atoms with Crippen molar-refractivity contribution in [2.75, 3.05) is 0 Å². The van der Waals surface area contributed by atoms with Gasteiger partial charge in [-0.15, -0.1) is 0 Å². The average Bonchev–Trinajstić information content (AvgIpc) is 2.29. The first-order valence-corrected chi connectivity index (χ1v) is 7.02. The van der Waals surface area contributed by atoms with Gasteiger partial charge in [0, 0.05) is 0 Å². The summed E-state index contributed by atoms with van der Waals surface area (Å²) in [5.74, 6) is 0. The van der Waals surface area contributed by atoms with Crippen molar-refractivity contribution < 1.29 is 0 Å². The Labute approximate surface area is 117 Å². The van der Waals surface area contributed by atoms with E-state index in [2.05, 4.69) is 65.8 Å². The first-order valence-electron chi connectivity index (χ1n) is 7.02. The molecule has 0 heterocycles. The summed E-state index contributed by atoms with van der Waals surface area (Å²) in [6, 6.07) is 9.24. The topological polar surface area (TPSA) is 0 Å². The predicted octanol–water partition coefficient (Wildman–Crippen LogP) is 5.13. The first-order chi connectivity index (χ1) is 8.88. The maximum absolute atomic E-state index is 2.35. The molecule has 0 spiro atoms. The van der Waals surface area contributed by atoms with E-state index in [-0.39, 0.29) is 0 Å². The van der Waals surface area contributed by atoms with E-state index in [1.54, 1.807) is 0 Å². The summed E-state index contributed by atoms with van der Waals surface area (Å²) in [6.45, 7) is 13.2. The lowest BCUT2D eigenvalue weighted by atomic mass is 9.91. The number of hydrogen-bond acceptors (Lipinski definition) is 0. The quantitative estimate of drug-likeness (QED) is 0.695. The zero-order chi connectivity index (χ0) is 14.2. The highest BCUT2D eigenvalue weighted by Crippen LogP contribution is 2.23. The molecule has 0 fully saturated rings. The molecule has 0 N–H and O–H groups in total. The van der Waals surface area contributed by atoms with E-state index in [1.807, 2.05) is 0 Å². The standard InChI is InChI=1S/C19H24/c1-12-7-16(5)19(17(6)8-12)11-18-10-14(3)13(2)9-15(18)4/h7-10H,11H2,1-6H3. The Morgan fingerprint density at radius 3 is 1.68 bits per heavy atom. The highest BCUT2D eigenvalue weighted by Gasteiger charge is 2.08. The van der Waals surface area contributed by atoms with Gasteiger partial charge < -0.3 is 0 Å². The van der Waals surface area contributed by atoms with Crippen LogP contribution >= 0.6 is 0 Å². The van der Waals surface area contributed by atoms with E-state index in [0.717, 1.165) is 6.42 Å². The summed E-state index contributed by atoms with van der Waals surface area (Å²) >= 11 is 0. The van der Waals surface area contributed by atoms with Gasteiger partial charge in [-0.05, 0) is 86.9 Å². The van der Waals surface area contributed by atoms with Crippen LogP contribution in [0.2, 0.25) is 0 Å². The van der Waals surface area contributed by atoms with Crippen molar-refractivity contribution in [2.24, 2.45) is 0 Å². The highest BCUT2D eigenvalue weighted by atomic mass is 14.1. The van der Waals surface area contributed by atoms with Crippen molar-refractivity contribution in [2.45, 2.75) is 48.0 Å². The van der Waals surface area contributed by atoms with E-state index >= 15 is 0 Å². The Hall–Kier alpha value is -1.56. The monoisotopic (exact) mass is 252 g/mol. The van der Waals surface area contributed by atoms with Crippen molar-refractivity contribution in [1.29, 1.82) is 0 Å². The summed E-state index contributed by atoms with van der Waals surface area (Å²) < 4.78 is 0. The number of aryl methyl sites for hydroxylation is 6. The Bertz CT molecular complexity index is 595. The van der Waals surface area contributed by atoms with E-state index in [0.29, 0.717) is 0 Å². The minimum absolute atomic E-state index is 1.05. The van der Waals surface area contributed by atoms with E-state index < -0.39 is 0 Å². The molecule has 0 aliphatic carbocycles. The van der Waals surface area contributed by atoms with Crippen LogP contribution in [0.1, 0.15) is 44.5 Å². The zero-order valence-electron chi connectivity index (χ0n) is 13.0. The van der Waals surface area contributed by atoms with Gasteiger partial charge >= 0.3 is 0 Å². The second-order valence-corrected chi connectivity index (χ2v) is 5.92. The number of rotatable bonds is 2. The normalized spacial score (nSPS) is 10.8. The van der Waals surface area contributed by atoms with Crippen molar-refractivity contribution in [3.05, 3.63) is 68.8 Å². The van der Waals surface area contributed by atoms with Crippen LogP contribution in [-0.2, 0) is 6.42 Å². The van der Waals surface area contributed by atoms with Crippen LogP contribution < -0.4 is 0 Å². The van der Waals surface area contributed by atoms with Crippen LogP contribution in [0.25, 0.3) is 0 Å². The van der Waals surface area contributed by atoms with Crippen LogP contribution in [0.15, 0.2) is 24.3 Å². The molecule has 0 radical (unpaired) electrons. The second-order valence-electron chi connectivity index (χ2n) is 5.92. The van der Waals surface area contributed by atoms with Gasteiger partial charge in [0.1, 0.15) is 0 Å². The van der Waals surface area contributed by atoms with Crippen molar-refractivity contribution >= 4 is 0 Å². The molecule has 0 amide bonds. The van der Waals surface area contributed by atoms with Gasteiger partial charge in [-0.2, -0.15) is 0 Å². The van der Waals surface area contributed by atoms with Crippen LogP contribution in [-0.4, -0.2) is 0 Å². The van der Waals surface area contributed by atoms with Crippen molar-refractivity contribution in [3.8, 4) is 0 Å². The van der Waals surface area contributed by atoms with Gasteiger partial charge in [-0.25, -0.2) is 0 Å². The molecule has 0 atom stereocenters. The highest BCUT2D eigenvalue weighted by molar-refractivity contribution is 5.44. The second kappa shape index (κ2) is 5.21. The summed E-state index contributed by atoms with van der Waals surface area (Å²) in [7, 11) is 0. The molecule has 0 unspecified atom stereocenters. The summed E-state index contributed by atoms with van der Waals surface area (Å²) in [4.78, 5) is 0. The molecule has 100 valence electrons. The largest absolute Gasteiger partial charge is 0.0561 e. The van der Waals surface area contributed by atoms with Gasteiger partial charge in [0.2, 0.25) is 0 Å². The molecule has 0 saturated heterocycles. The van der Waals surface area contributed by atoms with Crippen LogP contribution in [0.5, 0.6) is 0 Å². The van der Waals surface area contributed by atoms with Gasteiger partial charge in [0.05, 0.1) is 0 Å². The number of benzene rings is 2. The molecule has 0 heteroatoms. The molecular formula is C19H24. The van der Waals surface area contributed by atoms with Crippen LogP contribution in [0, 0.1) is 41.5 Å². The minimum atomic E-state index is 1.05. The molecule has 2 aromatic carbocycles. The number of hydrogen-bond donors (Lipinski definition) is 0. The SMILES string of the molecule is Cc1cc(C)c(Cc2cc(C)c(C)cc2C)c(C)c1. The summed E-state index contributed by atoms with van der Waals surface area (Å²) in [6.07, 6.45) is 1.05. The van der Waals surface area contributed by atoms with Gasteiger partial charge in [0.15, 0.2) is 0 Å². The molecule has 0 aliphatic heterocycles. The Morgan fingerprint density at radius 1 is 0.579 bits per heavy atom. The van der Waals surface area contributed by atoms with Crippen LogP contribution in [0.4, 0.5) is 0 Å². The van der Waals surface area contributed by atoms with Gasteiger partial charge in [-0.3, -0.25) is 0 Å². The molecule has 0 nitrogen and oxygen atoms in total. The molecule has 0 aliphatic rings. The summed E-state index contributed by atoms with van der Waals surface area (Å²) in [5, 5.41) is 0. The molecule has 0 saturated carbocycles. The fraction of sp³-hybridized carbons (Fsp3) is 0.368. The Morgan fingerprint density at radius 2 is 1.11 bits per heavy atom. The summed E-state index contributed by atoms with van der Waals surface area (Å²) in [5.41, 5.74) is 11.3. The first kappa shape index (κ1) is 13.9. The van der Waals surface area contributed by atoms with E-state index in [4.69, 9.17) is 0 Å². The third kappa shape index (κ3) is 2.89. The van der Waals surface area contributed by atoms with Gasteiger partial charge in [-0.1, -0.05) is 29.8 Å². The lowest BCUT2D eigenvalue weighted by molar-refractivity contribution is 1.08. The fourth-order valence-corrected chi connectivity index (χ4v) is 2.89. The Kier molecular flexibility index (Phi) is 3.80. The van der Waals surface area contributed by atoms with E-state index in [1.165, 1.54) is 44.5 Å². The smallest absolute Gasteiger partial charge is 0.00178 e. The van der Waals surface area contributed by atoms with Crippen molar-refractivity contribution in [1.82, 2.24) is 0 Å². The Balaban J connectivity index is 2.45. The third-order valence-electron chi connectivity index (χ3n) is 4.16. The lowest BCUT2D eigenvalue weighted by Crippen LogP contribution is -2.00. The molecule has 2 rings (SSSR count). The molecular weight excluding hydrogens is 228 g/mol. The van der Waals surface area contributed by atoms with Crippen molar-refractivity contribution in [3.63, 3.8) is 0 Å².